The molecule has 7 nitrogen and oxygen atoms in total. The number of aryl methyl sites for hydroxylation is 1. The smallest absolute Gasteiger partial charge is 0.227 e. The first kappa shape index (κ1) is 22.4. The molecule has 0 spiro atoms. The van der Waals surface area contributed by atoms with E-state index >= 15 is 0 Å². The summed E-state index contributed by atoms with van der Waals surface area (Å²) < 4.78 is 7.28. The Morgan fingerprint density at radius 2 is 2.04 bits per heavy atom. The number of carbonyl (C=O) groups excluding carboxylic acids is 1. The highest BCUT2D eigenvalue weighted by Gasteiger charge is 2.38. The van der Waals surface area contributed by atoms with Crippen LogP contribution in [0, 0.1) is 12.3 Å². The highest BCUT2D eigenvalue weighted by Crippen LogP contribution is 2.29. The molecule has 0 bridgehead atoms. The zero-order chi connectivity index (χ0) is 17.0. The van der Waals surface area contributed by atoms with Gasteiger partial charge in [0.05, 0.1) is 5.41 Å². The van der Waals surface area contributed by atoms with E-state index in [4.69, 9.17) is 10.5 Å². The number of halogens is 2. The van der Waals surface area contributed by atoms with E-state index in [1.165, 1.54) is 0 Å². The van der Waals surface area contributed by atoms with E-state index in [0.717, 1.165) is 17.2 Å². The molecule has 0 atom stereocenters. The number of nitrogens with one attached hydrogen (secondary N) is 1. The lowest BCUT2D eigenvalue weighted by molar-refractivity contribution is -0.136. The maximum atomic E-state index is 12.7. The molecule has 9 heteroatoms. The van der Waals surface area contributed by atoms with Gasteiger partial charge in [0.1, 0.15) is 11.6 Å². The second-order valence-electron chi connectivity index (χ2n) is 6.11. The Morgan fingerprint density at radius 3 is 2.65 bits per heavy atom. The van der Waals surface area contributed by atoms with Gasteiger partial charge in [-0.3, -0.25) is 9.36 Å². The van der Waals surface area contributed by atoms with Gasteiger partial charge < -0.3 is 15.8 Å². The number of rotatable bonds is 5. The summed E-state index contributed by atoms with van der Waals surface area (Å²) in [7, 11) is 0. The average molecular weight is 402 g/mol. The normalized spacial score (nSPS) is 15.5. The molecule has 2 aromatic rings. The van der Waals surface area contributed by atoms with Crippen molar-refractivity contribution in [2.75, 3.05) is 19.8 Å². The minimum atomic E-state index is -0.522. The molecule has 26 heavy (non-hydrogen) atoms. The molecule has 0 aliphatic carbocycles. The van der Waals surface area contributed by atoms with Crippen molar-refractivity contribution in [2.24, 2.45) is 11.1 Å². The molecular formula is C17H25Cl2N5O2. The van der Waals surface area contributed by atoms with Crippen LogP contribution in [-0.4, -0.2) is 40.2 Å². The van der Waals surface area contributed by atoms with Gasteiger partial charge in [0.25, 0.3) is 0 Å². The number of ether oxygens (including phenoxy) is 1. The summed E-state index contributed by atoms with van der Waals surface area (Å²) in [5.74, 6) is 1.62. The van der Waals surface area contributed by atoms with Gasteiger partial charge in [-0.05, 0) is 25.8 Å². The number of hydrogen-bond donors (Lipinski definition) is 2. The molecule has 3 N–H and O–H groups in total. The number of hydrogen-bond acceptors (Lipinski definition) is 5. The molecule has 1 amide bonds. The zero-order valence-corrected chi connectivity index (χ0v) is 16.3. The molecule has 1 fully saturated rings. The lowest BCUT2D eigenvalue weighted by Crippen LogP contribution is -2.49. The van der Waals surface area contributed by atoms with Crippen LogP contribution in [0.1, 0.15) is 24.2 Å². The van der Waals surface area contributed by atoms with E-state index in [1.54, 1.807) is 12.4 Å². The Bertz CT molecular complexity index is 717. The van der Waals surface area contributed by atoms with E-state index in [0.29, 0.717) is 39.1 Å². The van der Waals surface area contributed by atoms with Crippen molar-refractivity contribution < 1.29 is 9.53 Å². The minimum Gasteiger partial charge on any atom is -0.381 e. The van der Waals surface area contributed by atoms with E-state index in [-0.39, 0.29) is 30.7 Å². The summed E-state index contributed by atoms with van der Waals surface area (Å²) in [5, 5.41) is 3.03. The molecule has 0 saturated carbocycles. The van der Waals surface area contributed by atoms with E-state index in [9.17, 15) is 4.79 Å². The third-order valence-electron chi connectivity index (χ3n) is 4.68. The lowest BCUT2D eigenvalue weighted by atomic mass is 9.79. The Kier molecular flexibility index (Phi) is 8.49. The van der Waals surface area contributed by atoms with Gasteiger partial charge in [0, 0.05) is 50.5 Å². The van der Waals surface area contributed by atoms with Crippen LogP contribution in [0.3, 0.4) is 0 Å². The topological polar surface area (TPSA) is 95.1 Å². The fraction of sp³-hybridized carbons (Fsp3) is 0.471. The molecule has 0 unspecified atom stereocenters. The van der Waals surface area contributed by atoms with Crippen molar-refractivity contribution >= 4 is 30.7 Å². The SMILES string of the molecule is Cc1nccn1-c1ncccc1CNC(=O)C1(CN)CCOCC1.Cl.Cl. The second-order valence-corrected chi connectivity index (χ2v) is 6.11. The quantitative estimate of drug-likeness (QED) is 0.795. The highest BCUT2D eigenvalue weighted by molar-refractivity contribution is 5.85. The maximum Gasteiger partial charge on any atom is 0.227 e. The fourth-order valence-corrected chi connectivity index (χ4v) is 3.04. The van der Waals surface area contributed by atoms with E-state index in [2.05, 4.69) is 15.3 Å². The van der Waals surface area contributed by atoms with Crippen LogP contribution in [0.2, 0.25) is 0 Å². The number of imidazole rings is 1. The van der Waals surface area contributed by atoms with Crippen LogP contribution in [0.5, 0.6) is 0 Å². The first-order valence-electron chi connectivity index (χ1n) is 8.17. The van der Waals surface area contributed by atoms with Crippen LogP contribution < -0.4 is 11.1 Å². The van der Waals surface area contributed by atoms with Gasteiger partial charge in [-0.25, -0.2) is 9.97 Å². The van der Waals surface area contributed by atoms with Crippen molar-refractivity contribution in [3.63, 3.8) is 0 Å². The maximum absolute atomic E-state index is 12.7. The standard InChI is InChI=1S/C17H23N5O2.2ClH/c1-13-19-7-8-22(13)15-14(3-2-6-20-15)11-21-16(23)17(12-18)4-9-24-10-5-17;;/h2-3,6-8H,4-5,9-12,18H2,1H3,(H,21,23);2*1H. The fourth-order valence-electron chi connectivity index (χ4n) is 3.04. The molecule has 144 valence electrons. The zero-order valence-electron chi connectivity index (χ0n) is 14.7. The second kappa shape index (κ2) is 9.87. The molecule has 0 aromatic carbocycles. The number of amides is 1. The van der Waals surface area contributed by atoms with E-state index in [1.807, 2.05) is 29.8 Å². The largest absolute Gasteiger partial charge is 0.381 e. The summed E-state index contributed by atoms with van der Waals surface area (Å²) in [6.45, 7) is 3.82. The Labute approximate surface area is 165 Å². The first-order chi connectivity index (χ1) is 11.7. The Morgan fingerprint density at radius 1 is 1.31 bits per heavy atom. The summed E-state index contributed by atoms with van der Waals surface area (Å²) in [4.78, 5) is 21.4. The average Bonchev–Trinajstić information content (AvgIpc) is 3.06. The van der Waals surface area contributed by atoms with Gasteiger partial charge in [-0.2, -0.15) is 0 Å². The van der Waals surface area contributed by atoms with Gasteiger partial charge in [-0.15, -0.1) is 24.8 Å². The molecule has 3 rings (SSSR count). The number of pyridine rings is 1. The van der Waals surface area contributed by atoms with E-state index < -0.39 is 5.41 Å². The van der Waals surface area contributed by atoms with Crippen LogP contribution in [0.25, 0.3) is 5.82 Å². The van der Waals surface area contributed by atoms with Gasteiger partial charge in [0.15, 0.2) is 0 Å². The van der Waals surface area contributed by atoms with Crippen LogP contribution in [0.4, 0.5) is 0 Å². The van der Waals surface area contributed by atoms with Gasteiger partial charge in [0.2, 0.25) is 5.91 Å². The molecule has 3 heterocycles. The Hall–Kier alpha value is -1.67. The summed E-state index contributed by atoms with van der Waals surface area (Å²) >= 11 is 0. The summed E-state index contributed by atoms with van der Waals surface area (Å²) in [5.41, 5.74) is 6.31. The van der Waals surface area contributed by atoms with Crippen molar-refractivity contribution in [1.29, 1.82) is 0 Å². The minimum absolute atomic E-state index is 0. The van der Waals surface area contributed by atoms with Crippen molar-refractivity contribution in [1.82, 2.24) is 19.9 Å². The number of carbonyl (C=O) groups is 1. The first-order valence-corrected chi connectivity index (χ1v) is 8.17. The summed E-state index contributed by atoms with van der Waals surface area (Å²) in [6, 6.07) is 3.82. The number of nitrogens with zero attached hydrogens (tertiary/aromatic N) is 3. The highest BCUT2D eigenvalue weighted by atomic mass is 35.5. The number of aromatic nitrogens is 3. The van der Waals surface area contributed by atoms with Crippen molar-refractivity contribution in [3.05, 3.63) is 42.1 Å². The molecule has 1 saturated heterocycles. The molecular weight excluding hydrogens is 377 g/mol. The third-order valence-corrected chi connectivity index (χ3v) is 4.68. The van der Waals surface area contributed by atoms with Gasteiger partial charge in [-0.1, -0.05) is 6.07 Å². The van der Waals surface area contributed by atoms with Crippen LogP contribution in [-0.2, 0) is 16.1 Å². The van der Waals surface area contributed by atoms with Crippen LogP contribution in [0.15, 0.2) is 30.7 Å². The molecule has 1 aliphatic rings. The Balaban J connectivity index is 0.00000169. The van der Waals surface area contributed by atoms with Crippen LogP contribution >= 0.6 is 24.8 Å². The predicted octanol–water partition coefficient (Wildman–Crippen LogP) is 1.79. The monoisotopic (exact) mass is 401 g/mol. The third kappa shape index (κ3) is 4.54. The number of nitrogens with two attached hydrogens (primary N) is 1. The lowest BCUT2D eigenvalue weighted by Gasteiger charge is -2.34. The van der Waals surface area contributed by atoms with Crippen molar-refractivity contribution in [3.8, 4) is 5.82 Å². The summed E-state index contributed by atoms with van der Waals surface area (Å²) in [6.07, 6.45) is 6.66. The van der Waals surface area contributed by atoms with Gasteiger partial charge >= 0.3 is 0 Å². The van der Waals surface area contributed by atoms with Crippen molar-refractivity contribution in [2.45, 2.75) is 26.3 Å². The molecule has 2 aromatic heterocycles. The predicted molar refractivity (Wildman–Crippen MR) is 104 cm³/mol. The molecule has 1 aliphatic heterocycles. The molecule has 0 radical (unpaired) electrons.